The molecule has 0 aliphatic carbocycles. The zero-order chi connectivity index (χ0) is 59.9. The van der Waals surface area contributed by atoms with Crippen LogP contribution in [0.25, 0.3) is 10.9 Å². The van der Waals surface area contributed by atoms with E-state index in [-0.39, 0.29) is 33.8 Å². The maximum absolute atomic E-state index is 14.9. The van der Waals surface area contributed by atoms with E-state index in [0.29, 0.717) is 38.6 Å². The number of hydrogen-bond donors (Lipinski definition) is 14. The van der Waals surface area contributed by atoms with Crippen molar-refractivity contribution in [3.63, 3.8) is 0 Å². The molecule has 1 aromatic carbocycles. The van der Waals surface area contributed by atoms with Crippen LogP contribution in [0.15, 0.2) is 23.2 Å². The molecule has 1 saturated heterocycles. The number of aromatic nitrogens is 1. The zero-order valence-corrected chi connectivity index (χ0v) is 46.9. The van der Waals surface area contributed by atoms with Crippen LogP contribution in [0.1, 0.15) is 92.1 Å². The highest BCUT2D eigenvalue weighted by molar-refractivity contribution is 7.91. The largest absolute Gasteiger partial charge is 0.610 e. The molecule has 1 unspecified atom stereocenters. The van der Waals surface area contributed by atoms with Gasteiger partial charge in [-0.15, -0.1) is 0 Å². The highest BCUT2D eigenvalue weighted by Crippen LogP contribution is 2.31. The number of nitrogens with two attached hydrogens (primary N) is 1. The Hall–Kier alpha value is -7.44. The smallest absolute Gasteiger partial charge is 0.407 e. The maximum atomic E-state index is 14.9. The molecule has 1 fully saturated rings. The number of alkyl carbamates (subject to hydrolysis) is 2. The van der Waals surface area contributed by atoms with Crippen LogP contribution < -0.4 is 53.6 Å². The number of aliphatic hydroxyl groups is 2. The van der Waals surface area contributed by atoms with E-state index in [2.05, 4.69) is 52.8 Å². The van der Waals surface area contributed by atoms with Gasteiger partial charge in [-0.2, -0.15) is 0 Å². The van der Waals surface area contributed by atoms with Crippen molar-refractivity contribution in [2.24, 2.45) is 17.6 Å². The Morgan fingerprint density at radius 3 is 2.11 bits per heavy atom. The standard InChI is InChI=1S/C51H76N12O17S/c1-7-25(2)40-45(73)56-20-38(68)57-34-24-81(78)47-30(29-13-12-27(64)16-31(29)60-47)18-32(42(70)55-21-39(69)61-40)58-46(74)41(62-44(72)35-17-28(65)22-63(35)48(75)33(19-37(52)67)59-43(34)71)26(3)36(66)23-79-49(76)53-14-10-8-9-11-15-54-50(77)80-51(4,5)6/h12-13,16,25-26,28,32-36,40-41,60,64-66H,7-11,14-15,17-24H2,1-6H3,(H2,52,67)(H,53,76)(H,54,77)(H,55,70)(H,56,73)(H,57,68)(H,58,74)(H,59,71)(H,61,69)(H,62,72)/t25-,26-,28+,32?,33-,34+,35-,36-,40-,41-,81+/m0/s1. The molecule has 4 heterocycles. The van der Waals surface area contributed by atoms with Gasteiger partial charge in [0.2, 0.25) is 58.2 Å². The van der Waals surface area contributed by atoms with E-state index in [1.54, 1.807) is 34.6 Å². The summed E-state index contributed by atoms with van der Waals surface area (Å²) < 4.78 is 25.3. The number of carbonyl (C=O) groups excluding carboxylic acids is 11. The number of rotatable bonds is 15. The first-order valence-corrected chi connectivity index (χ1v) is 28.1. The average Bonchev–Trinajstić information content (AvgIpc) is 4.20. The number of phenols is 1. The Labute approximate surface area is 470 Å². The van der Waals surface area contributed by atoms with Gasteiger partial charge < -0.3 is 92.8 Å². The summed E-state index contributed by atoms with van der Waals surface area (Å²) in [5.41, 5.74) is 5.10. The summed E-state index contributed by atoms with van der Waals surface area (Å²) in [4.78, 5) is 155. The van der Waals surface area contributed by atoms with Crippen molar-refractivity contribution in [1.82, 2.24) is 57.7 Å². The van der Waals surface area contributed by atoms with E-state index in [1.807, 2.05) is 0 Å². The predicted octanol–water partition coefficient (Wildman–Crippen LogP) is -3.10. The fourth-order valence-corrected chi connectivity index (χ4v) is 10.6. The number of primary amides is 1. The quantitative estimate of drug-likeness (QED) is 0.0620. The fourth-order valence-electron chi connectivity index (χ4n) is 9.20. The van der Waals surface area contributed by atoms with Gasteiger partial charge in [-0.25, -0.2) is 9.59 Å². The molecule has 2 aromatic rings. The van der Waals surface area contributed by atoms with Gasteiger partial charge in [0.15, 0.2) is 6.04 Å². The van der Waals surface area contributed by atoms with Crippen LogP contribution >= 0.6 is 0 Å². The van der Waals surface area contributed by atoms with Gasteiger partial charge >= 0.3 is 12.2 Å². The number of aliphatic hydroxyl groups excluding tert-OH is 2. The van der Waals surface area contributed by atoms with Gasteiger partial charge in [-0.1, -0.05) is 40.0 Å². The molecule has 3 aliphatic heterocycles. The number of amides is 11. The van der Waals surface area contributed by atoms with E-state index < -0.39 is 194 Å². The number of fused-ring (bicyclic) bond motifs is 5. The maximum Gasteiger partial charge on any atom is 0.407 e. The van der Waals surface area contributed by atoms with Crippen molar-refractivity contribution in [2.75, 3.05) is 45.1 Å². The Kier molecular flexibility index (Phi) is 23.3. The number of hydrogen-bond acceptors (Lipinski definition) is 17. The summed E-state index contributed by atoms with van der Waals surface area (Å²) in [7, 11) is 0. The summed E-state index contributed by atoms with van der Waals surface area (Å²) in [6, 6.07) is -6.38. The second kappa shape index (κ2) is 29.3. The molecule has 0 spiro atoms. The first-order valence-electron chi connectivity index (χ1n) is 26.8. The van der Waals surface area contributed by atoms with Crippen LogP contribution in [0.5, 0.6) is 5.75 Å². The molecule has 5 rings (SSSR count). The van der Waals surface area contributed by atoms with Crippen LogP contribution in [0.2, 0.25) is 0 Å². The molecule has 11 amide bonds. The summed E-state index contributed by atoms with van der Waals surface area (Å²) in [5, 5.41) is 55.4. The number of phenolic OH excluding ortho intramolecular Hbond substituents is 1. The van der Waals surface area contributed by atoms with Gasteiger partial charge in [0.25, 0.3) is 0 Å². The molecule has 0 radical (unpaired) electrons. The monoisotopic (exact) mass is 1160 g/mol. The molecular formula is C51H76N12O17S. The minimum Gasteiger partial charge on any atom is -0.610 e. The van der Waals surface area contributed by atoms with Gasteiger partial charge in [0.1, 0.15) is 53.9 Å². The van der Waals surface area contributed by atoms with Crippen LogP contribution in [0.4, 0.5) is 9.59 Å². The van der Waals surface area contributed by atoms with Crippen LogP contribution in [-0.2, 0) is 70.2 Å². The molecule has 29 nitrogen and oxygen atoms in total. The van der Waals surface area contributed by atoms with Crippen molar-refractivity contribution in [1.29, 1.82) is 0 Å². The molecule has 0 saturated carbocycles. The lowest BCUT2D eigenvalue weighted by Gasteiger charge is -2.33. The molecule has 81 heavy (non-hydrogen) atoms. The summed E-state index contributed by atoms with van der Waals surface area (Å²) in [6.45, 7) is 7.58. The van der Waals surface area contributed by atoms with Crippen molar-refractivity contribution in [3.05, 3.63) is 23.8 Å². The van der Waals surface area contributed by atoms with Gasteiger partial charge in [-0.3, -0.25) is 43.2 Å². The Balaban J connectivity index is 1.53. The van der Waals surface area contributed by atoms with Crippen LogP contribution in [0.3, 0.4) is 0 Å². The number of nitrogens with zero attached hydrogens (tertiary/aromatic N) is 1. The number of benzene rings is 1. The lowest BCUT2D eigenvalue weighted by Crippen LogP contribution is -2.62. The number of unbranched alkanes of at least 4 members (excludes halogenated alkanes) is 3. The first-order chi connectivity index (χ1) is 38.1. The van der Waals surface area contributed by atoms with Crippen LogP contribution in [-0.4, -0.2) is 194 Å². The fraction of sp³-hybridized carbons (Fsp3) is 0.627. The van der Waals surface area contributed by atoms with E-state index in [0.717, 1.165) is 4.90 Å². The highest BCUT2D eigenvalue weighted by atomic mass is 32.2. The van der Waals surface area contributed by atoms with Gasteiger partial charge in [0.05, 0.1) is 37.2 Å². The SMILES string of the molecule is CC[C@H](C)[C@@H]1NC(=O)CNC(=O)C2Cc3c([nH]c4cc(O)ccc34)[S@+]([O-])C[C@@H](NC(=O)CNC1=O)C(=O)N[C@@H](CC(N)=O)C(=O)N1C[C@H](O)C[C@H]1C(=O)N[C@@H]([C@@H](C)[C@@H](O)COC(=O)NCCCCCCNC(=O)OC(C)(C)C)C(=O)N2. The number of aromatic hydroxyl groups is 1. The molecule has 3 aliphatic rings. The molecule has 11 atom stereocenters. The minimum absolute atomic E-state index is 0.0469. The molecule has 30 heteroatoms. The van der Waals surface area contributed by atoms with Crippen molar-refractivity contribution < 1.29 is 82.1 Å². The van der Waals surface area contributed by atoms with Crippen molar-refractivity contribution in [2.45, 2.75) is 152 Å². The molecular weight excluding hydrogens is 1080 g/mol. The van der Waals surface area contributed by atoms with E-state index >= 15 is 0 Å². The van der Waals surface area contributed by atoms with Crippen LogP contribution in [0, 0.1) is 11.8 Å². The third-order valence-electron chi connectivity index (χ3n) is 13.8. The third kappa shape index (κ3) is 18.8. The lowest BCUT2D eigenvalue weighted by molar-refractivity contribution is -0.144. The molecule has 448 valence electrons. The first kappa shape index (κ1) is 64.4. The Morgan fingerprint density at radius 2 is 1.47 bits per heavy atom. The molecule has 1 aromatic heterocycles. The Bertz CT molecular complexity index is 2650. The topological polar surface area (TPSA) is 443 Å². The zero-order valence-electron chi connectivity index (χ0n) is 46.1. The van der Waals surface area contributed by atoms with E-state index in [4.69, 9.17) is 15.2 Å². The predicted molar refractivity (Wildman–Crippen MR) is 287 cm³/mol. The Morgan fingerprint density at radius 1 is 0.827 bits per heavy atom. The second-order valence-corrected chi connectivity index (χ2v) is 22.8. The highest BCUT2D eigenvalue weighted by Gasteiger charge is 2.45. The number of aromatic amines is 1. The molecule has 15 N–H and O–H groups in total. The number of H-pyrrole nitrogens is 1. The van der Waals surface area contributed by atoms with Crippen molar-refractivity contribution >= 4 is 87.4 Å². The summed E-state index contributed by atoms with van der Waals surface area (Å²) in [6.07, 6.45) is -3.67. The third-order valence-corrected chi connectivity index (χ3v) is 15.2. The lowest BCUT2D eigenvalue weighted by atomic mass is 9.93. The number of ether oxygens (including phenoxy) is 2. The second-order valence-electron chi connectivity index (χ2n) is 21.3. The van der Waals surface area contributed by atoms with Gasteiger partial charge in [0, 0.05) is 66.6 Å². The summed E-state index contributed by atoms with van der Waals surface area (Å²) in [5.74, 6) is -12.5. The molecule has 2 bridgehead atoms. The van der Waals surface area contributed by atoms with Gasteiger partial charge in [-0.05, 0) is 51.7 Å². The minimum atomic E-state index is -2.43. The van der Waals surface area contributed by atoms with E-state index in [9.17, 15) is 72.6 Å². The summed E-state index contributed by atoms with van der Waals surface area (Å²) >= 11 is -2.43. The number of nitrogens with one attached hydrogen (secondary N) is 10. The average molecular weight is 1160 g/mol. The van der Waals surface area contributed by atoms with E-state index in [1.165, 1.54) is 25.1 Å². The number of carbonyl (C=O) groups is 11. The van der Waals surface area contributed by atoms with Crippen molar-refractivity contribution in [3.8, 4) is 5.75 Å². The normalized spacial score (nSPS) is 25.0.